The third kappa shape index (κ3) is 1.66. The van der Waals surface area contributed by atoms with Gasteiger partial charge in [0.05, 0.1) is 6.54 Å². The lowest BCUT2D eigenvalue weighted by atomic mass is 10.0. The average Bonchev–Trinajstić information content (AvgIpc) is 2.96. The molecule has 2 aliphatic rings. The van der Waals surface area contributed by atoms with E-state index >= 15 is 0 Å². The van der Waals surface area contributed by atoms with Crippen LogP contribution in [0.2, 0.25) is 0 Å². The van der Waals surface area contributed by atoms with Crippen molar-refractivity contribution in [2.75, 3.05) is 13.1 Å². The van der Waals surface area contributed by atoms with E-state index in [1.54, 1.807) is 0 Å². The monoisotopic (exact) mass is 220 g/mol. The Morgan fingerprint density at radius 3 is 3.19 bits per heavy atom. The Labute approximate surface area is 96.4 Å². The molecule has 1 aromatic heterocycles. The van der Waals surface area contributed by atoms with Gasteiger partial charge in [-0.15, -0.1) is 0 Å². The topological polar surface area (TPSA) is 47.1 Å². The summed E-state index contributed by atoms with van der Waals surface area (Å²) >= 11 is 0. The van der Waals surface area contributed by atoms with Crippen LogP contribution in [0.3, 0.4) is 0 Å². The van der Waals surface area contributed by atoms with Gasteiger partial charge in [-0.3, -0.25) is 4.90 Å². The van der Waals surface area contributed by atoms with Gasteiger partial charge in [0.15, 0.2) is 0 Å². The predicted octanol–water partition coefficient (Wildman–Crippen LogP) is 0.826. The second kappa shape index (κ2) is 4.18. The molecule has 1 saturated carbocycles. The first kappa shape index (κ1) is 10.3. The Kier molecular flexibility index (Phi) is 2.69. The molecule has 1 aromatic rings. The van der Waals surface area contributed by atoms with Gasteiger partial charge >= 0.3 is 0 Å². The molecule has 1 fully saturated rings. The second-order valence-electron chi connectivity index (χ2n) is 5.00. The minimum Gasteiger partial charge on any atom is -0.333 e. The molecule has 4 nitrogen and oxygen atoms in total. The minimum atomic E-state index is 0.704. The summed E-state index contributed by atoms with van der Waals surface area (Å²) in [6.45, 7) is 4.09. The van der Waals surface area contributed by atoms with Crippen molar-refractivity contribution in [1.82, 2.24) is 14.5 Å². The summed E-state index contributed by atoms with van der Waals surface area (Å²) in [5.41, 5.74) is 5.86. The average molecular weight is 220 g/mol. The van der Waals surface area contributed by atoms with Crippen LogP contribution in [0.15, 0.2) is 12.4 Å². The highest BCUT2D eigenvalue weighted by Gasteiger charge is 2.32. The standard InChI is InChI=1S/C12H20N4/c13-8-10-2-1-3-11(10)16-7-6-15-5-4-14-12(15)9-16/h4-5,10-11H,1-3,6-9,13H2. The van der Waals surface area contributed by atoms with E-state index in [1.807, 2.05) is 6.20 Å². The van der Waals surface area contributed by atoms with Gasteiger partial charge in [0.1, 0.15) is 5.82 Å². The molecule has 16 heavy (non-hydrogen) atoms. The fourth-order valence-electron chi connectivity index (χ4n) is 3.25. The zero-order valence-electron chi connectivity index (χ0n) is 9.68. The molecule has 2 unspecified atom stereocenters. The molecule has 1 aliphatic heterocycles. The largest absolute Gasteiger partial charge is 0.333 e. The van der Waals surface area contributed by atoms with Crippen LogP contribution in [0.4, 0.5) is 0 Å². The molecule has 4 heteroatoms. The number of nitrogens with zero attached hydrogens (tertiary/aromatic N) is 3. The van der Waals surface area contributed by atoms with Gasteiger partial charge in [0, 0.05) is 31.5 Å². The van der Waals surface area contributed by atoms with E-state index in [-0.39, 0.29) is 0 Å². The van der Waals surface area contributed by atoms with Crippen LogP contribution < -0.4 is 5.73 Å². The van der Waals surface area contributed by atoms with E-state index < -0.39 is 0 Å². The van der Waals surface area contributed by atoms with Crippen LogP contribution in [0.25, 0.3) is 0 Å². The fraction of sp³-hybridized carbons (Fsp3) is 0.750. The van der Waals surface area contributed by atoms with Crippen molar-refractivity contribution in [2.45, 2.75) is 38.4 Å². The van der Waals surface area contributed by atoms with Gasteiger partial charge in [0.25, 0.3) is 0 Å². The van der Waals surface area contributed by atoms with Crippen LogP contribution in [0.5, 0.6) is 0 Å². The summed E-state index contributed by atoms with van der Waals surface area (Å²) in [5, 5.41) is 0. The van der Waals surface area contributed by atoms with Crippen LogP contribution in [-0.4, -0.2) is 33.6 Å². The van der Waals surface area contributed by atoms with Gasteiger partial charge < -0.3 is 10.3 Å². The number of nitrogens with two attached hydrogens (primary N) is 1. The van der Waals surface area contributed by atoms with Crippen molar-refractivity contribution in [3.8, 4) is 0 Å². The number of hydrogen-bond donors (Lipinski definition) is 1. The van der Waals surface area contributed by atoms with Gasteiger partial charge in [-0.1, -0.05) is 6.42 Å². The van der Waals surface area contributed by atoms with Crippen LogP contribution >= 0.6 is 0 Å². The summed E-state index contributed by atoms with van der Waals surface area (Å²) in [6.07, 6.45) is 7.97. The van der Waals surface area contributed by atoms with Crippen molar-refractivity contribution in [3.63, 3.8) is 0 Å². The van der Waals surface area contributed by atoms with Crippen molar-refractivity contribution < 1.29 is 0 Å². The molecule has 88 valence electrons. The highest BCUT2D eigenvalue weighted by Crippen LogP contribution is 2.31. The van der Waals surface area contributed by atoms with Gasteiger partial charge in [0.2, 0.25) is 0 Å². The summed E-state index contributed by atoms with van der Waals surface area (Å²) < 4.78 is 2.27. The maximum absolute atomic E-state index is 5.86. The van der Waals surface area contributed by atoms with Gasteiger partial charge in [-0.25, -0.2) is 4.98 Å². The smallest absolute Gasteiger partial charge is 0.122 e. The number of hydrogen-bond acceptors (Lipinski definition) is 3. The fourth-order valence-corrected chi connectivity index (χ4v) is 3.25. The molecule has 2 atom stereocenters. The quantitative estimate of drug-likeness (QED) is 0.803. The lowest BCUT2D eigenvalue weighted by Gasteiger charge is -2.35. The molecule has 0 saturated heterocycles. The Morgan fingerprint density at radius 2 is 2.31 bits per heavy atom. The predicted molar refractivity (Wildman–Crippen MR) is 62.8 cm³/mol. The molecule has 0 amide bonds. The van der Waals surface area contributed by atoms with Crippen molar-refractivity contribution in [2.24, 2.45) is 11.7 Å². The third-order valence-corrected chi connectivity index (χ3v) is 4.17. The first-order valence-corrected chi connectivity index (χ1v) is 6.32. The Hall–Kier alpha value is -0.870. The van der Waals surface area contributed by atoms with Crippen LogP contribution in [-0.2, 0) is 13.1 Å². The van der Waals surface area contributed by atoms with Crippen LogP contribution in [0, 0.1) is 5.92 Å². The van der Waals surface area contributed by atoms with Crippen molar-refractivity contribution in [3.05, 3.63) is 18.2 Å². The second-order valence-corrected chi connectivity index (χ2v) is 5.00. The third-order valence-electron chi connectivity index (χ3n) is 4.17. The maximum Gasteiger partial charge on any atom is 0.122 e. The summed E-state index contributed by atoms with van der Waals surface area (Å²) in [7, 11) is 0. The van der Waals surface area contributed by atoms with Gasteiger partial charge in [-0.05, 0) is 25.3 Å². The number of imidazole rings is 1. The zero-order chi connectivity index (χ0) is 11.0. The molecule has 0 spiro atoms. The minimum absolute atomic E-state index is 0.704. The lowest BCUT2D eigenvalue weighted by molar-refractivity contribution is 0.125. The molecule has 2 N–H and O–H groups in total. The molecule has 2 heterocycles. The van der Waals surface area contributed by atoms with Crippen LogP contribution in [0.1, 0.15) is 25.1 Å². The molecule has 0 aromatic carbocycles. The van der Waals surface area contributed by atoms with E-state index in [0.717, 1.165) is 26.2 Å². The molecule has 0 radical (unpaired) electrons. The van der Waals surface area contributed by atoms with Gasteiger partial charge in [-0.2, -0.15) is 0 Å². The zero-order valence-corrected chi connectivity index (χ0v) is 9.68. The van der Waals surface area contributed by atoms with E-state index in [2.05, 4.69) is 20.6 Å². The molecule has 3 rings (SSSR count). The number of aromatic nitrogens is 2. The Balaban J connectivity index is 1.73. The highest BCUT2D eigenvalue weighted by molar-refractivity contribution is 4.98. The van der Waals surface area contributed by atoms with Crippen molar-refractivity contribution >= 4 is 0 Å². The summed E-state index contributed by atoms with van der Waals surface area (Å²) in [5.74, 6) is 1.93. The Bertz CT molecular complexity index is 360. The number of rotatable bonds is 2. The molecular formula is C12H20N4. The first-order valence-electron chi connectivity index (χ1n) is 6.32. The Morgan fingerprint density at radius 1 is 1.38 bits per heavy atom. The van der Waals surface area contributed by atoms with E-state index in [9.17, 15) is 0 Å². The molecule has 0 bridgehead atoms. The van der Waals surface area contributed by atoms with E-state index in [1.165, 1.54) is 25.1 Å². The van der Waals surface area contributed by atoms with E-state index in [4.69, 9.17) is 5.73 Å². The molecular weight excluding hydrogens is 200 g/mol. The van der Waals surface area contributed by atoms with Crippen molar-refractivity contribution in [1.29, 1.82) is 0 Å². The lowest BCUT2D eigenvalue weighted by Crippen LogP contribution is -2.44. The highest BCUT2D eigenvalue weighted by atomic mass is 15.3. The maximum atomic E-state index is 5.86. The first-order chi connectivity index (χ1) is 7.88. The normalized spacial score (nSPS) is 30.6. The van der Waals surface area contributed by atoms with E-state index in [0.29, 0.717) is 12.0 Å². The summed E-state index contributed by atoms with van der Waals surface area (Å²) in [4.78, 5) is 7.01. The summed E-state index contributed by atoms with van der Waals surface area (Å²) in [6, 6.07) is 0.704. The SMILES string of the molecule is NCC1CCCC1N1CCn2ccnc2C1. The number of fused-ring (bicyclic) bond motifs is 1. The molecule has 1 aliphatic carbocycles.